The molecule has 47 heavy (non-hydrogen) atoms. The van der Waals surface area contributed by atoms with Crippen LogP contribution in [0.3, 0.4) is 0 Å². The van der Waals surface area contributed by atoms with Crippen LogP contribution in [-0.4, -0.2) is 66.1 Å². The summed E-state index contributed by atoms with van der Waals surface area (Å²) in [5.41, 5.74) is 1.45. The van der Waals surface area contributed by atoms with Gasteiger partial charge in [-0.05, 0) is 60.5 Å². The van der Waals surface area contributed by atoms with E-state index in [4.69, 9.17) is 19.2 Å². The largest absolute Gasteiger partial charge is 0.497 e. The molecule has 0 unspecified atom stereocenters. The predicted octanol–water partition coefficient (Wildman–Crippen LogP) is 3.34. The van der Waals surface area contributed by atoms with Crippen molar-refractivity contribution in [1.82, 2.24) is 13.9 Å². The third kappa shape index (κ3) is 5.14. The van der Waals surface area contributed by atoms with E-state index in [0.717, 1.165) is 33.4 Å². The molecule has 3 aromatic heterocycles. The number of ether oxygens (including phenoxy) is 3. The molecule has 12 nitrogen and oxygen atoms in total. The van der Waals surface area contributed by atoms with Gasteiger partial charge in [0, 0.05) is 36.0 Å². The summed E-state index contributed by atoms with van der Waals surface area (Å²) in [6.45, 7) is 2.09. The number of aryl methyl sites for hydroxylation is 1. The van der Waals surface area contributed by atoms with Crippen molar-refractivity contribution in [3.8, 4) is 17.1 Å². The molecule has 14 heteroatoms. The molecule has 0 radical (unpaired) electrons. The van der Waals surface area contributed by atoms with E-state index in [1.165, 1.54) is 4.31 Å². The number of piperidine rings is 1. The summed E-state index contributed by atoms with van der Waals surface area (Å²) in [4.78, 5) is 44.7. The molecule has 0 bridgehead atoms. The van der Waals surface area contributed by atoms with Crippen molar-refractivity contribution in [2.75, 3.05) is 26.8 Å². The molecule has 7 rings (SSSR count). The zero-order chi connectivity index (χ0) is 33.1. The highest BCUT2D eigenvalue weighted by Gasteiger charge is 2.47. The minimum Gasteiger partial charge on any atom is -0.497 e. The van der Waals surface area contributed by atoms with Crippen LogP contribution in [0.4, 0.5) is 0 Å². The number of aliphatic hydroxyl groups is 1. The number of esters is 2. The fourth-order valence-electron chi connectivity index (χ4n) is 6.86. The number of aromatic nitrogens is 2. The van der Waals surface area contributed by atoms with Gasteiger partial charge >= 0.3 is 11.9 Å². The van der Waals surface area contributed by atoms with E-state index in [2.05, 4.69) is 0 Å². The van der Waals surface area contributed by atoms with Crippen molar-refractivity contribution >= 4 is 44.2 Å². The van der Waals surface area contributed by atoms with Crippen molar-refractivity contribution in [3.05, 3.63) is 74.4 Å². The maximum Gasteiger partial charge on any atom is 0.343 e. The zero-order valence-electron chi connectivity index (χ0n) is 25.9. The molecule has 0 saturated carbocycles. The second-order valence-electron chi connectivity index (χ2n) is 11.9. The zero-order valence-corrected chi connectivity index (χ0v) is 27.5. The topological polar surface area (TPSA) is 154 Å². The second-order valence-corrected chi connectivity index (χ2v) is 15.0. The standard InChI is InChI=1S/C33H33N3O9S2/c1-3-21-22-15-20(43-2)6-7-26(22)34-29-23(21)17-36-27(29)16-25-24(30(36)37)18-45-32(39)33(25,40)10-13-44-31(38)19-8-11-35(12-9-19)47(41,42)28-5-4-14-46-28/h4-7,14-16,19,40H,3,8-13,17-18H2,1-2H3/t33-/m0/s1. The summed E-state index contributed by atoms with van der Waals surface area (Å²) in [6.07, 6.45) is 0.943. The van der Waals surface area contributed by atoms with E-state index in [0.29, 0.717) is 23.6 Å². The van der Waals surface area contributed by atoms with E-state index >= 15 is 0 Å². The van der Waals surface area contributed by atoms with Gasteiger partial charge in [-0.2, -0.15) is 4.31 Å². The first-order chi connectivity index (χ1) is 22.6. The first-order valence-electron chi connectivity index (χ1n) is 15.4. The van der Waals surface area contributed by atoms with E-state index in [9.17, 15) is 27.9 Å². The first kappa shape index (κ1) is 31.5. The van der Waals surface area contributed by atoms with Crippen LogP contribution in [0.5, 0.6) is 5.75 Å². The average Bonchev–Trinajstić information content (AvgIpc) is 3.75. The number of rotatable bonds is 8. The van der Waals surface area contributed by atoms with Gasteiger partial charge in [-0.1, -0.05) is 13.0 Å². The molecule has 1 atom stereocenters. The van der Waals surface area contributed by atoms with Crippen LogP contribution in [0.15, 0.2) is 50.8 Å². The molecular formula is C33H33N3O9S2. The third-order valence-corrected chi connectivity index (χ3v) is 12.7. The molecule has 1 N–H and O–H groups in total. The highest BCUT2D eigenvalue weighted by Crippen LogP contribution is 2.41. The van der Waals surface area contributed by atoms with Gasteiger partial charge in [0.25, 0.3) is 15.6 Å². The van der Waals surface area contributed by atoms with Crippen LogP contribution in [-0.2, 0) is 54.3 Å². The molecule has 1 saturated heterocycles. The predicted molar refractivity (Wildman–Crippen MR) is 172 cm³/mol. The number of hydrogen-bond acceptors (Lipinski definition) is 11. The van der Waals surface area contributed by atoms with Gasteiger partial charge in [-0.3, -0.25) is 9.59 Å². The number of fused-ring (bicyclic) bond motifs is 5. The smallest absolute Gasteiger partial charge is 0.343 e. The van der Waals surface area contributed by atoms with E-state index in [1.54, 1.807) is 35.3 Å². The van der Waals surface area contributed by atoms with Crippen molar-refractivity contribution in [2.45, 2.75) is 55.6 Å². The molecule has 3 aliphatic rings. The van der Waals surface area contributed by atoms with Crippen LogP contribution >= 0.6 is 11.3 Å². The Labute approximate surface area is 274 Å². The summed E-state index contributed by atoms with van der Waals surface area (Å²) in [6, 6.07) is 10.5. The summed E-state index contributed by atoms with van der Waals surface area (Å²) in [5, 5.41) is 14.4. The Balaban J connectivity index is 1.11. The minimum atomic E-state index is -3.61. The average molecular weight is 680 g/mol. The Kier molecular flexibility index (Phi) is 7.94. The molecule has 1 fully saturated rings. The van der Waals surface area contributed by atoms with Gasteiger partial charge in [0.15, 0.2) is 5.60 Å². The number of hydrogen-bond donors (Lipinski definition) is 1. The van der Waals surface area contributed by atoms with Crippen LogP contribution in [0.25, 0.3) is 22.3 Å². The summed E-state index contributed by atoms with van der Waals surface area (Å²) in [7, 11) is -2.01. The lowest BCUT2D eigenvalue weighted by Gasteiger charge is -2.33. The van der Waals surface area contributed by atoms with E-state index in [-0.39, 0.29) is 73.0 Å². The second kappa shape index (κ2) is 11.8. The van der Waals surface area contributed by atoms with Crippen LogP contribution in [0.2, 0.25) is 0 Å². The Morgan fingerprint density at radius 1 is 1.17 bits per heavy atom. The number of carbonyl (C=O) groups is 2. The highest BCUT2D eigenvalue weighted by atomic mass is 32.2. The number of thiophene rings is 1. The van der Waals surface area contributed by atoms with Gasteiger partial charge in [-0.15, -0.1) is 11.3 Å². The molecule has 6 heterocycles. The number of carbonyl (C=O) groups excluding carboxylic acids is 2. The number of sulfonamides is 1. The van der Waals surface area contributed by atoms with Gasteiger partial charge in [0.05, 0.1) is 48.6 Å². The third-order valence-electron chi connectivity index (χ3n) is 9.44. The van der Waals surface area contributed by atoms with Crippen LogP contribution < -0.4 is 10.3 Å². The molecule has 3 aliphatic heterocycles. The lowest BCUT2D eigenvalue weighted by molar-refractivity contribution is -0.176. The van der Waals surface area contributed by atoms with E-state index < -0.39 is 33.5 Å². The molecular weight excluding hydrogens is 647 g/mol. The fourth-order valence-corrected chi connectivity index (χ4v) is 9.47. The monoisotopic (exact) mass is 679 g/mol. The van der Waals surface area contributed by atoms with Crippen molar-refractivity contribution < 1.29 is 37.3 Å². The Morgan fingerprint density at radius 2 is 1.96 bits per heavy atom. The lowest BCUT2D eigenvalue weighted by atomic mass is 9.85. The summed E-state index contributed by atoms with van der Waals surface area (Å²) in [5.74, 6) is -1.29. The maximum absolute atomic E-state index is 13.8. The molecule has 4 aromatic rings. The van der Waals surface area contributed by atoms with Crippen molar-refractivity contribution in [3.63, 3.8) is 0 Å². The number of cyclic esters (lactones) is 1. The number of pyridine rings is 2. The van der Waals surface area contributed by atoms with E-state index in [1.807, 2.05) is 25.1 Å². The van der Waals surface area contributed by atoms with Gasteiger partial charge < -0.3 is 23.9 Å². The highest BCUT2D eigenvalue weighted by molar-refractivity contribution is 7.91. The van der Waals surface area contributed by atoms with Crippen LogP contribution in [0, 0.1) is 5.92 Å². The van der Waals surface area contributed by atoms with Crippen molar-refractivity contribution in [1.29, 1.82) is 0 Å². The number of nitrogens with zero attached hydrogens (tertiary/aromatic N) is 3. The Hall–Kier alpha value is -4.11. The molecule has 1 aromatic carbocycles. The number of benzene rings is 1. The van der Waals surface area contributed by atoms with Gasteiger partial charge in [-0.25, -0.2) is 18.2 Å². The molecule has 0 spiro atoms. The molecule has 0 aliphatic carbocycles. The number of methoxy groups -OCH3 is 1. The lowest BCUT2D eigenvalue weighted by Crippen LogP contribution is -2.45. The fraction of sp³-hybridized carbons (Fsp3) is 0.394. The SMILES string of the molecule is CCc1c2c(nc3ccc(OC)cc13)-c1cc3c(c(=O)n1C2)COC(=O)[C@]3(O)CCOC(=O)C1CCN(S(=O)(=O)c2cccs2)CC1. The van der Waals surface area contributed by atoms with Crippen LogP contribution in [0.1, 0.15) is 48.4 Å². The van der Waals surface area contributed by atoms with Gasteiger partial charge in [0.1, 0.15) is 16.6 Å². The van der Waals surface area contributed by atoms with Crippen molar-refractivity contribution in [2.24, 2.45) is 5.92 Å². The van der Waals surface area contributed by atoms with Gasteiger partial charge in [0.2, 0.25) is 0 Å². The molecule has 246 valence electrons. The Morgan fingerprint density at radius 3 is 2.66 bits per heavy atom. The quantitative estimate of drug-likeness (QED) is 0.242. The minimum absolute atomic E-state index is 0.121. The Bertz CT molecular complexity index is 2080. The summed E-state index contributed by atoms with van der Waals surface area (Å²) < 4.78 is 45.1. The molecule has 0 amide bonds. The normalized spacial score (nSPS) is 19.6. The summed E-state index contributed by atoms with van der Waals surface area (Å²) >= 11 is 1.15. The first-order valence-corrected chi connectivity index (χ1v) is 17.8. The maximum atomic E-state index is 13.8.